The molecule has 0 radical (unpaired) electrons. The summed E-state index contributed by atoms with van der Waals surface area (Å²) < 4.78 is 5.44. The van der Waals surface area contributed by atoms with E-state index >= 15 is 0 Å². The maximum atomic E-state index is 5.90. The molecule has 0 amide bonds. The molecule has 7 nitrogen and oxygen atoms in total. The molecule has 23 heavy (non-hydrogen) atoms. The van der Waals surface area contributed by atoms with E-state index in [-0.39, 0.29) is 0 Å². The number of anilines is 2. The monoisotopic (exact) mass is 310 g/mol. The van der Waals surface area contributed by atoms with Crippen molar-refractivity contribution in [2.24, 2.45) is 0 Å². The third-order valence-electron chi connectivity index (χ3n) is 4.08. The van der Waals surface area contributed by atoms with Crippen molar-refractivity contribution >= 4 is 22.5 Å². The lowest BCUT2D eigenvalue weighted by Crippen LogP contribution is -2.37. The molecular weight excluding hydrogens is 292 g/mol. The SMILES string of the molecule is Cc1ncc(N)cc1-c1cc2[nH]cnc2c(N2CCOCC2)n1. The number of ether oxygens (including phenoxy) is 1. The highest BCUT2D eigenvalue weighted by atomic mass is 16.5. The maximum absolute atomic E-state index is 5.90. The number of pyridine rings is 2. The van der Waals surface area contributed by atoms with Gasteiger partial charge in [0.25, 0.3) is 0 Å². The average molecular weight is 310 g/mol. The Kier molecular flexibility index (Phi) is 3.34. The summed E-state index contributed by atoms with van der Waals surface area (Å²) in [5.74, 6) is 0.879. The normalized spacial score (nSPS) is 15.3. The Bertz CT molecular complexity index is 853. The molecule has 0 aliphatic carbocycles. The number of nitrogens with zero attached hydrogens (tertiary/aromatic N) is 4. The van der Waals surface area contributed by atoms with Gasteiger partial charge < -0.3 is 20.4 Å². The summed E-state index contributed by atoms with van der Waals surface area (Å²) in [5.41, 5.74) is 11.1. The number of aromatic nitrogens is 4. The van der Waals surface area contributed by atoms with E-state index in [1.54, 1.807) is 12.5 Å². The fraction of sp³-hybridized carbons (Fsp3) is 0.312. The van der Waals surface area contributed by atoms with E-state index in [2.05, 4.69) is 19.9 Å². The van der Waals surface area contributed by atoms with E-state index in [0.717, 1.165) is 46.9 Å². The lowest BCUT2D eigenvalue weighted by molar-refractivity contribution is 0.122. The predicted octanol–water partition coefficient (Wildman–Crippen LogP) is 1.75. The zero-order chi connectivity index (χ0) is 15.8. The van der Waals surface area contributed by atoms with Crippen LogP contribution in [0.15, 0.2) is 24.7 Å². The van der Waals surface area contributed by atoms with Gasteiger partial charge in [-0.25, -0.2) is 9.97 Å². The first-order valence-corrected chi connectivity index (χ1v) is 7.61. The largest absolute Gasteiger partial charge is 0.397 e. The molecule has 7 heteroatoms. The van der Waals surface area contributed by atoms with Crippen LogP contribution < -0.4 is 10.6 Å². The minimum atomic E-state index is 0.630. The summed E-state index contributed by atoms with van der Waals surface area (Å²) in [7, 11) is 0. The van der Waals surface area contributed by atoms with Gasteiger partial charge in [0.05, 0.1) is 42.6 Å². The molecule has 3 aromatic heterocycles. The van der Waals surface area contributed by atoms with Crippen LogP contribution in [-0.4, -0.2) is 46.2 Å². The van der Waals surface area contributed by atoms with Crippen molar-refractivity contribution in [2.75, 3.05) is 36.9 Å². The highest BCUT2D eigenvalue weighted by molar-refractivity contribution is 5.90. The summed E-state index contributed by atoms with van der Waals surface area (Å²) in [6.45, 7) is 4.99. The van der Waals surface area contributed by atoms with E-state index in [0.29, 0.717) is 18.9 Å². The van der Waals surface area contributed by atoms with Crippen LogP contribution in [0.2, 0.25) is 0 Å². The smallest absolute Gasteiger partial charge is 0.157 e. The van der Waals surface area contributed by atoms with E-state index < -0.39 is 0 Å². The molecule has 3 N–H and O–H groups in total. The van der Waals surface area contributed by atoms with Crippen molar-refractivity contribution in [3.63, 3.8) is 0 Å². The number of morpholine rings is 1. The van der Waals surface area contributed by atoms with Crippen LogP contribution in [0.3, 0.4) is 0 Å². The molecule has 0 spiro atoms. The summed E-state index contributed by atoms with van der Waals surface area (Å²) in [5, 5.41) is 0. The Morgan fingerprint density at radius 2 is 2.04 bits per heavy atom. The summed E-state index contributed by atoms with van der Waals surface area (Å²) in [6, 6.07) is 3.91. The quantitative estimate of drug-likeness (QED) is 0.749. The number of H-pyrrole nitrogens is 1. The zero-order valence-electron chi connectivity index (χ0n) is 12.9. The van der Waals surface area contributed by atoms with Crippen molar-refractivity contribution in [1.82, 2.24) is 19.9 Å². The first-order chi connectivity index (χ1) is 11.2. The van der Waals surface area contributed by atoms with Crippen LogP contribution in [-0.2, 0) is 4.74 Å². The molecule has 3 aromatic rings. The van der Waals surface area contributed by atoms with Gasteiger partial charge in [0.1, 0.15) is 5.52 Å². The van der Waals surface area contributed by atoms with E-state index in [1.807, 2.05) is 19.1 Å². The third kappa shape index (κ3) is 2.49. The molecule has 4 rings (SSSR count). The van der Waals surface area contributed by atoms with Gasteiger partial charge in [0.15, 0.2) is 5.82 Å². The van der Waals surface area contributed by atoms with E-state index in [9.17, 15) is 0 Å². The van der Waals surface area contributed by atoms with Gasteiger partial charge in [-0.15, -0.1) is 0 Å². The van der Waals surface area contributed by atoms with Crippen LogP contribution in [0.5, 0.6) is 0 Å². The Labute approximate surface area is 133 Å². The fourth-order valence-corrected chi connectivity index (χ4v) is 2.87. The van der Waals surface area contributed by atoms with Gasteiger partial charge in [-0.1, -0.05) is 0 Å². The number of fused-ring (bicyclic) bond motifs is 1. The summed E-state index contributed by atoms with van der Waals surface area (Å²) in [6.07, 6.45) is 3.36. The van der Waals surface area contributed by atoms with Crippen LogP contribution in [0.25, 0.3) is 22.3 Å². The Morgan fingerprint density at radius 3 is 2.87 bits per heavy atom. The molecule has 1 fully saturated rings. The van der Waals surface area contributed by atoms with Gasteiger partial charge in [0.2, 0.25) is 0 Å². The molecule has 0 bridgehead atoms. The highest BCUT2D eigenvalue weighted by Crippen LogP contribution is 2.30. The first kappa shape index (κ1) is 14.0. The molecule has 0 unspecified atom stereocenters. The standard InChI is InChI=1S/C16H18N6O/c1-10-12(6-11(17)8-18-10)13-7-14-15(20-9-19-14)16(21-13)22-2-4-23-5-3-22/h6-9H,2-5,17H2,1H3,(H,19,20). The minimum absolute atomic E-state index is 0.630. The van der Waals surface area contributed by atoms with Crippen molar-refractivity contribution in [1.29, 1.82) is 0 Å². The summed E-state index contributed by atoms with van der Waals surface area (Å²) in [4.78, 5) is 19.0. The Balaban J connectivity index is 1.89. The third-order valence-corrected chi connectivity index (χ3v) is 4.08. The highest BCUT2D eigenvalue weighted by Gasteiger charge is 2.19. The number of hydrogen-bond acceptors (Lipinski definition) is 6. The number of aromatic amines is 1. The maximum Gasteiger partial charge on any atom is 0.157 e. The number of aryl methyl sites for hydroxylation is 1. The Morgan fingerprint density at radius 1 is 1.22 bits per heavy atom. The van der Waals surface area contributed by atoms with Crippen molar-refractivity contribution in [3.05, 3.63) is 30.4 Å². The molecule has 1 saturated heterocycles. The number of imidazole rings is 1. The summed E-state index contributed by atoms with van der Waals surface area (Å²) >= 11 is 0. The second kappa shape index (κ2) is 5.51. The first-order valence-electron chi connectivity index (χ1n) is 7.61. The van der Waals surface area contributed by atoms with Crippen molar-refractivity contribution < 1.29 is 4.74 Å². The number of nitrogens with one attached hydrogen (secondary N) is 1. The van der Waals surface area contributed by atoms with Crippen LogP contribution in [0.1, 0.15) is 5.69 Å². The molecule has 1 aliphatic rings. The molecule has 1 aliphatic heterocycles. The topological polar surface area (TPSA) is 93.0 Å². The van der Waals surface area contributed by atoms with E-state index in [4.69, 9.17) is 15.5 Å². The van der Waals surface area contributed by atoms with Crippen LogP contribution in [0, 0.1) is 6.92 Å². The number of nitrogens with two attached hydrogens (primary N) is 1. The lowest BCUT2D eigenvalue weighted by Gasteiger charge is -2.28. The second-order valence-electron chi connectivity index (χ2n) is 5.63. The molecule has 4 heterocycles. The number of nitrogen functional groups attached to an aromatic ring is 1. The molecule has 0 aromatic carbocycles. The van der Waals surface area contributed by atoms with Gasteiger partial charge in [0, 0.05) is 24.3 Å². The zero-order valence-corrected chi connectivity index (χ0v) is 12.9. The Hall–Kier alpha value is -2.67. The van der Waals surface area contributed by atoms with Gasteiger partial charge in [-0.05, 0) is 19.1 Å². The number of hydrogen-bond donors (Lipinski definition) is 2. The minimum Gasteiger partial charge on any atom is -0.397 e. The molecule has 118 valence electrons. The second-order valence-corrected chi connectivity index (χ2v) is 5.63. The predicted molar refractivity (Wildman–Crippen MR) is 89.3 cm³/mol. The molecule has 0 saturated carbocycles. The van der Waals surface area contributed by atoms with Crippen LogP contribution in [0.4, 0.5) is 11.5 Å². The van der Waals surface area contributed by atoms with Gasteiger partial charge in [-0.3, -0.25) is 4.98 Å². The lowest BCUT2D eigenvalue weighted by atomic mass is 10.1. The average Bonchev–Trinajstić information content (AvgIpc) is 3.05. The van der Waals surface area contributed by atoms with Crippen molar-refractivity contribution in [2.45, 2.75) is 6.92 Å². The fourth-order valence-electron chi connectivity index (χ4n) is 2.87. The van der Waals surface area contributed by atoms with Crippen LogP contribution >= 0.6 is 0 Å². The molecule has 0 atom stereocenters. The van der Waals surface area contributed by atoms with Gasteiger partial charge >= 0.3 is 0 Å². The van der Waals surface area contributed by atoms with Gasteiger partial charge in [-0.2, -0.15) is 0 Å². The van der Waals surface area contributed by atoms with Crippen molar-refractivity contribution in [3.8, 4) is 11.3 Å². The number of rotatable bonds is 2. The molecular formula is C16H18N6O. The van der Waals surface area contributed by atoms with E-state index in [1.165, 1.54) is 0 Å².